The molecular weight excluding hydrogens is 214 g/mol. The Morgan fingerprint density at radius 1 is 1.35 bits per heavy atom. The summed E-state index contributed by atoms with van der Waals surface area (Å²) in [6.45, 7) is 10.2. The van der Waals surface area contributed by atoms with Crippen molar-refractivity contribution in [2.45, 2.75) is 46.8 Å². The van der Waals surface area contributed by atoms with Gasteiger partial charge in [0.2, 0.25) is 0 Å². The Labute approximate surface area is 104 Å². The standard InChI is InChI=1S/C13H23N3O/c1-8(14)10-7-15-12(16-9(10)2)11(17-6)13(3,4)5/h7-8,11H,14H2,1-6H3/t8-,11?/m1/s1. The topological polar surface area (TPSA) is 61.0 Å². The fourth-order valence-corrected chi connectivity index (χ4v) is 1.91. The maximum atomic E-state index is 5.85. The number of nitrogens with two attached hydrogens (primary N) is 1. The second kappa shape index (κ2) is 5.10. The summed E-state index contributed by atoms with van der Waals surface area (Å²) in [7, 11) is 1.69. The maximum Gasteiger partial charge on any atom is 0.157 e. The minimum atomic E-state index is -0.108. The summed E-state index contributed by atoms with van der Waals surface area (Å²) in [6.07, 6.45) is 1.70. The third kappa shape index (κ3) is 3.23. The number of aryl methyl sites for hydroxylation is 1. The van der Waals surface area contributed by atoms with Crippen LogP contribution in [0.4, 0.5) is 0 Å². The van der Waals surface area contributed by atoms with Crippen LogP contribution in [0.3, 0.4) is 0 Å². The van der Waals surface area contributed by atoms with Crippen LogP contribution in [0, 0.1) is 12.3 Å². The van der Waals surface area contributed by atoms with Crippen LogP contribution in [0.25, 0.3) is 0 Å². The molecule has 0 saturated carbocycles. The van der Waals surface area contributed by atoms with Crippen LogP contribution in [0.5, 0.6) is 0 Å². The monoisotopic (exact) mass is 237 g/mol. The van der Waals surface area contributed by atoms with Gasteiger partial charge in [-0.05, 0) is 19.3 Å². The quantitative estimate of drug-likeness (QED) is 0.877. The molecule has 1 unspecified atom stereocenters. The molecule has 1 heterocycles. The van der Waals surface area contributed by atoms with Crippen molar-refractivity contribution in [3.63, 3.8) is 0 Å². The van der Waals surface area contributed by atoms with E-state index in [0.717, 1.165) is 17.1 Å². The van der Waals surface area contributed by atoms with Crippen LogP contribution < -0.4 is 5.73 Å². The minimum Gasteiger partial charge on any atom is -0.373 e. The van der Waals surface area contributed by atoms with E-state index in [1.165, 1.54) is 0 Å². The van der Waals surface area contributed by atoms with Crippen LogP contribution in [0.1, 0.15) is 56.9 Å². The maximum absolute atomic E-state index is 5.85. The summed E-state index contributed by atoms with van der Waals surface area (Å²) in [6, 6.07) is -0.0420. The first-order chi connectivity index (χ1) is 7.77. The number of ether oxygens (including phenoxy) is 1. The lowest BCUT2D eigenvalue weighted by Gasteiger charge is -2.28. The van der Waals surface area contributed by atoms with E-state index in [1.54, 1.807) is 13.3 Å². The van der Waals surface area contributed by atoms with Gasteiger partial charge in [-0.25, -0.2) is 9.97 Å². The van der Waals surface area contributed by atoms with Gasteiger partial charge in [-0.15, -0.1) is 0 Å². The zero-order valence-corrected chi connectivity index (χ0v) is 11.6. The van der Waals surface area contributed by atoms with Crippen molar-refractivity contribution in [1.29, 1.82) is 0 Å². The van der Waals surface area contributed by atoms with Gasteiger partial charge in [0.1, 0.15) is 6.10 Å². The predicted molar refractivity (Wildman–Crippen MR) is 68.6 cm³/mol. The molecule has 0 aliphatic rings. The Balaban J connectivity index is 3.12. The van der Waals surface area contributed by atoms with E-state index >= 15 is 0 Å². The summed E-state index contributed by atoms with van der Waals surface area (Å²) < 4.78 is 5.50. The first-order valence-electron chi connectivity index (χ1n) is 5.89. The molecule has 0 amide bonds. The number of hydrogen-bond donors (Lipinski definition) is 1. The van der Waals surface area contributed by atoms with Crippen LogP contribution >= 0.6 is 0 Å². The van der Waals surface area contributed by atoms with Crippen molar-refractivity contribution in [2.24, 2.45) is 11.1 Å². The molecule has 4 heteroatoms. The highest BCUT2D eigenvalue weighted by atomic mass is 16.5. The second-order valence-corrected chi connectivity index (χ2v) is 5.54. The molecule has 1 aromatic rings. The van der Waals surface area contributed by atoms with E-state index in [2.05, 4.69) is 30.7 Å². The summed E-state index contributed by atoms with van der Waals surface area (Å²) in [5.74, 6) is 0.724. The molecule has 1 aromatic heterocycles. The highest BCUT2D eigenvalue weighted by Crippen LogP contribution is 2.33. The molecule has 2 atom stereocenters. The van der Waals surface area contributed by atoms with Gasteiger partial charge >= 0.3 is 0 Å². The van der Waals surface area contributed by atoms with Crippen LogP contribution in [0.2, 0.25) is 0 Å². The number of nitrogens with zero attached hydrogens (tertiary/aromatic N) is 2. The van der Waals surface area contributed by atoms with E-state index in [9.17, 15) is 0 Å². The third-order valence-electron chi connectivity index (χ3n) is 2.78. The van der Waals surface area contributed by atoms with E-state index in [4.69, 9.17) is 10.5 Å². The number of rotatable bonds is 3. The molecule has 0 aromatic carbocycles. The first kappa shape index (κ1) is 14.1. The predicted octanol–water partition coefficient (Wildman–Crippen LogP) is 2.54. The van der Waals surface area contributed by atoms with Gasteiger partial charge in [-0.2, -0.15) is 0 Å². The van der Waals surface area contributed by atoms with Crippen molar-refractivity contribution in [3.05, 3.63) is 23.3 Å². The zero-order chi connectivity index (χ0) is 13.2. The number of hydrogen-bond acceptors (Lipinski definition) is 4. The van der Waals surface area contributed by atoms with Gasteiger partial charge in [0.05, 0.1) is 0 Å². The van der Waals surface area contributed by atoms with Crippen molar-refractivity contribution in [3.8, 4) is 0 Å². The van der Waals surface area contributed by atoms with E-state index in [1.807, 2.05) is 13.8 Å². The lowest BCUT2D eigenvalue weighted by Crippen LogP contribution is -2.23. The molecule has 0 fully saturated rings. The summed E-state index contributed by atoms with van der Waals surface area (Å²) >= 11 is 0. The Hall–Kier alpha value is -1.00. The van der Waals surface area contributed by atoms with Gasteiger partial charge in [-0.1, -0.05) is 20.8 Å². The van der Waals surface area contributed by atoms with Crippen molar-refractivity contribution < 1.29 is 4.74 Å². The Bertz CT molecular complexity index is 383. The largest absolute Gasteiger partial charge is 0.373 e. The summed E-state index contributed by atoms with van der Waals surface area (Å²) in [4.78, 5) is 8.90. The van der Waals surface area contributed by atoms with Gasteiger partial charge in [0.25, 0.3) is 0 Å². The van der Waals surface area contributed by atoms with E-state index in [0.29, 0.717) is 0 Å². The fraction of sp³-hybridized carbons (Fsp3) is 0.692. The van der Waals surface area contributed by atoms with Crippen molar-refractivity contribution >= 4 is 0 Å². The van der Waals surface area contributed by atoms with Crippen molar-refractivity contribution in [1.82, 2.24) is 9.97 Å². The van der Waals surface area contributed by atoms with Crippen molar-refractivity contribution in [2.75, 3.05) is 7.11 Å². The molecule has 0 saturated heterocycles. The number of methoxy groups -OCH3 is 1. The molecule has 0 aliphatic heterocycles. The minimum absolute atomic E-state index is 0.0307. The highest BCUT2D eigenvalue weighted by molar-refractivity contribution is 5.20. The molecule has 17 heavy (non-hydrogen) atoms. The molecule has 4 nitrogen and oxygen atoms in total. The fourth-order valence-electron chi connectivity index (χ4n) is 1.91. The SMILES string of the molecule is COC(c1ncc([C@@H](C)N)c(C)n1)C(C)(C)C. The lowest BCUT2D eigenvalue weighted by atomic mass is 9.88. The van der Waals surface area contributed by atoms with Gasteiger partial charge in [0, 0.05) is 30.6 Å². The van der Waals surface area contributed by atoms with Gasteiger partial charge in [-0.3, -0.25) is 0 Å². The molecule has 96 valence electrons. The van der Waals surface area contributed by atoms with Gasteiger partial charge < -0.3 is 10.5 Å². The van der Waals surface area contributed by atoms with E-state index < -0.39 is 0 Å². The second-order valence-electron chi connectivity index (χ2n) is 5.54. The van der Waals surface area contributed by atoms with Crippen LogP contribution in [-0.2, 0) is 4.74 Å². The molecule has 0 spiro atoms. The Morgan fingerprint density at radius 3 is 2.29 bits per heavy atom. The average Bonchev–Trinajstić information content (AvgIpc) is 2.15. The molecular formula is C13H23N3O. The average molecular weight is 237 g/mol. The molecule has 2 N–H and O–H groups in total. The normalized spacial score (nSPS) is 15.7. The Kier molecular flexibility index (Phi) is 4.22. The Morgan fingerprint density at radius 2 is 1.94 bits per heavy atom. The smallest absolute Gasteiger partial charge is 0.157 e. The van der Waals surface area contributed by atoms with E-state index in [-0.39, 0.29) is 17.6 Å². The number of aromatic nitrogens is 2. The highest BCUT2D eigenvalue weighted by Gasteiger charge is 2.29. The first-order valence-corrected chi connectivity index (χ1v) is 5.89. The van der Waals surface area contributed by atoms with Crippen LogP contribution in [-0.4, -0.2) is 17.1 Å². The zero-order valence-electron chi connectivity index (χ0n) is 11.6. The lowest BCUT2D eigenvalue weighted by molar-refractivity contribution is 0.00849. The van der Waals surface area contributed by atoms with Crippen LogP contribution in [0.15, 0.2) is 6.20 Å². The summed E-state index contributed by atoms with van der Waals surface area (Å²) in [5.41, 5.74) is 7.73. The molecule has 1 rings (SSSR count). The molecule has 0 radical (unpaired) electrons. The summed E-state index contributed by atoms with van der Waals surface area (Å²) in [5, 5.41) is 0. The third-order valence-corrected chi connectivity index (χ3v) is 2.78. The van der Waals surface area contributed by atoms with Gasteiger partial charge in [0.15, 0.2) is 5.82 Å². The molecule has 0 bridgehead atoms. The molecule has 0 aliphatic carbocycles.